The van der Waals surface area contributed by atoms with Gasteiger partial charge in [0.15, 0.2) is 19.6 Å². The minimum Gasteiger partial charge on any atom is -0.477 e. The summed E-state index contributed by atoms with van der Waals surface area (Å²) in [6, 6.07) is 0. The van der Waals surface area contributed by atoms with Crippen molar-refractivity contribution in [1.82, 2.24) is 0 Å². The molecule has 0 aromatic rings. The molecule has 0 saturated carbocycles. The first-order valence-corrected chi connectivity index (χ1v) is 9.97. The minimum absolute atomic E-state index is 0.248. The van der Waals surface area contributed by atoms with Crippen LogP contribution >= 0.6 is 0 Å². The summed E-state index contributed by atoms with van der Waals surface area (Å²) in [6.07, 6.45) is 15.1. The van der Waals surface area contributed by atoms with Crippen molar-refractivity contribution in [2.24, 2.45) is 0 Å². The number of carboxylic acids is 3. The molecule has 0 bridgehead atoms. The molecule has 0 aromatic carbocycles. The topological polar surface area (TPSA) is 112 Å². The van der Waals surface area contributed by atoms with Gasteiger partial charge in [0.05, 0.1) is 6.54 Å². The Hall–Kier alpha value is -1.89. The zero-order valence-electron chi connectivity index (χ0n) is 16.6. The highest BCUT2D eigenvalue weighted by atomic mass is 16.4. The Labute approximate surface area is 162 Å². The average molecular weight is 387 g/mol. The molecule has 27 heavy (non-hydrogen) atoms. The first-order chi connectivity index (χ1) is 12.8. The normalized spacial score (nSPS) is 11.7. The molecule has 0 aromatic heterocycles. The number of carbonyl (C=O) groups is 3. The van der Waals surface area contributed by atoms with Gasteiger partial charge in [0, 0.05) is 0 Å². The van der Waals surface area contributed by atoms with E-state index < -0.39 is 42.0 Å². The number of allylic oxidation sites excluding steroid dienone is 2. The van der Waals surface area contributed by atoms with Crippen LogP contribution in [0.2, 0.25) is 0 Å². The zero-order chi connectivity index (χ0) is 20.5. The third-order valence-electron chi connectivity index (χ3n) is 4.56. The Kier molecular flexibility index (Phi) is 14.1. The summed E-state index contributed by atoms with van der Waals surface area (Å²) in [5.41, 5.74) is 0. The van der Waals surface area contributed by atoms with Crippen LogP contribution < -0.4 is 0 Å². The number of hydrogen-bond donors (Lipinski definition) is 3. The van der Waals surface area contributed by atoms with Crippen molar-refractivity contribution in [2.45, 2.75) is 71.1 Å². The van der Waals surface area contributed by atoms with Crippen molar-refractivity contribution in [1.29, 1.82) is 0 Å². The first-order valence-electron chi connectivity index (χ1n) is 9.97. The molecule has 156 valence electrons. The molecule has 0 spiro atoms. The second-order valence-corrected chi connectivity index (χ2v) is 7.24. The quantitative estimate of drug-likeness (QED) is 0.189. The molecular weight excluding hydrogens is 350 g/mol. The Bertz CT molecular complexity index is 434. The van der Waals surface area contributed by atoms with Crippen molar-refractivity contribution in [3.05, 3.63) is 12.2 Å². The van der Waals surface area contributed by atoms with E-state index >= 15 is 0 Å². The minimum atomic E-state index is -1.18. The highest BCUT2D eigenvalue weighted by Crippen LogP contribution is 2.13. The number of nitrogens with zero attached hydrogens (tertiary/aromatic N) is 1. The van der Waals surface area contributed by atoms with E-state index in [0.717, 1.165) is 32.1 Å². The van der Waals surface area contributed by atoms with Crippen molar-refractivity contribution in [2.75, 3.05) is 26.2 Å². The molecule has 0 fully saturated rings. The Morgan fingerprint density at radius 2 is 1.07 bits per heavy atom. The number of hydrogen-bond acceptors (Lipinski definition) is 3. The predicted molar refractivity (Wildman–Crippen MR) is 104 cm³/mol. The molecule has 7 heteroatoms. The second-order valence-electron chi connectivity index (χ2n) is 7.24. The maximum atomic E-state index is 11.1. The summed E-state index contributed by atoms with van der Waals surface area (Å²) in [7, 11) is 0. The Morgan fingerprint density at radius 3 is 1.48 bits per heavy atom. The molecule has 0 rings (SSSR count). The lowest BCUT2D eigenvalue weighted by Crippen LogP contribution is -2.57. The lowest BCUT2D eigenvalue weighted by Gasteiger charge is -2.34. The third-order valence-corrected chi connectivity index (χ3v) is 4.56. The van der Waals surface area contributed by atoms with E-state index in [1.165, 1.54) is 25.7 Å². The van der Waals surface area contributed by atoms with Gasteiger partial charge >= 0.3 is 17.9 Å². The number of carboxylic acid groups (broad SMARTS) is 3. The van der Waals surface area contributed by atoms with Crippen LogP contribution in [0.15, 0.2) is 12.2 Å². The summed E-state index contributed by atoms with van der Waals surface area (Å²) in [4.78, 5) is 33.3. The van der Waals surface area contributed by atoms with Gasteiger partial charge in [-0.25, -0.2) is 14.4 Å². The standard InChI is InChI=1S/C20H35NO6/c1-2-3-4-5-6-7-8-9-10-11-12-13-14-21(15-18(22)23,16-19(24)25)17-20(26)27/h7-8H,2-6,9-17H2,1H3,(H2-,22,23,24,25,26,27)/p+1/b8-7+. The van der Waals surface area contributed by atoms with Gasteiger partial charge in [-0.1, -0.05) is 44.8 Å². The fourth-order valence-electron chi connectivity index (χ4n) is 3.25. The Morgan fingerprint density at radius 1 is 0.667 bits per heavy atom. The van der Waals surface area contributed by atoms with Crippen LogP contribution in [0.1, 0.15) is 71.1 Å². The van der Waals surface area contributed by atoms with Gasteiger partial charge in [0.2, 0.25) is 0 Å². The molecule has 0 heterocycles. The van der Waals surface area contributed by atoms with Crippen LogP contribution in [-0.2, 0) is 14.4 Å². The van der Waals surface area contributed by atoms with E-state index in [4.69, 9.17) is 15.3 Å². The number of unbranched alkanes of at least 4 members (excludes halogenated alkanes) is 8. The van der Waals surface area contributed by atoms with Crippen LogP contribution in [0.4, 0.5) is 0 Å². The molecule has 0 aliphatic carbocycles. The van der Waals surface area contributed by atoms with Gasteiger partial charge in [-0.05, 0) is 38.5 Å². The van der Waals surface area contributed by atoms with Gasteiger partial charge < -0.3 is 15.3 Å². The van der Waals surface area contributed by atoms with Crippen molar-refractivity contribution < 1.29 is 34.2 Å². The van der Waals surface area contributed by atoms with Crippen molar-refractivity contribution in [3.63, 3.8) is 0 Å². The number of rotatable bonds is 18. The van der Waals surface area contributed by atoms with Crippen LogP contribution in [0, 0.1) is 0 Å². The first kappa shape index (κ1) is 25.1. The lowest BCUT2D eigenvalue weighted by molar-refractivity contribution is -0.907. The maximum Gasteiger partial charge on any atom is 0.359 e. The van der Waals surface area contributed by atoms with Crippen LogP contribution in [0.5, 0.6) is 0 Å². The van der Waals surface area contributed by atoms with Crippen molar-refractivity contribution in [3.8, 4) is 0 Å². The molecule has 0 aliphatic heterocycles. The van der Waals surface area contributed by atoms with E-state index in [0.29, 0.717) is 6.42 Å². The average Bonchev–Trinajstić information content (AvgIpc) is 2.53. The van der Waals surface area contributed by atoms with Gasteiger partial charge in [0.25, 0.3) is 0 Å². The molecule has 0 aliphatic rings. The Balaban J connectivity index is 4.18. The number of aliphatic carboxylic acids is 3. The van der Waals surface area contributed by atoms with Crippen molar-refractivity contribution >= 4 is 17.9 Å². The summed E-state index contributed by atoms with van der Waals surface area (Å²) in [5, 5.41) is 27.2. The molecule has 0 amide bonds. The van der Waals surface area contributed by atoms with Gasteiger partial charge in [0.1, 0.15) is 0 Å². The molecule has 3 N–H and O–H groups in total. The molecule has 0 radical (unpaired) electrons. The van der Waals surface area contributed by atoms with Crippen LogP contribution in [0.3, 0.4) is 0 Å². The smallest absolute Gasteiger partial charge is 0.359 e. The SMILES string of the molecule is CCCCCC/C=C/CCCCCC[N+](CC(=O)O)(CC(=O)O)CC(=O)O. The highest BCUT2D eigenvalue weighted by Gasteiger charge is 2.35. The third kappa shape index (κ3) is 14.9. The summed E-state index contributed by atoms with van der Waals surface area (Å²) in [6.45, 7) is 0.986. The summed E-state index contributed by atoms with van der Waals surface area (Å²) < 4.78 is -0.447. The van der Waals surface area contributed by atoms with Crippen LogP contribution in [-0.4, -0.2) is 63.9 Å². The molecule has 0 saturated heterocycles. The van der Waals surface area contributed by atoms with E-state index in [1.807, 2.05) is 0 Å². The lowest BCUT2D eigenvalue weighted by atomic mass is 10.1. The molecular formula is C20H36NO6+. The second kappa shape index (κ2) is 15.2. The monoisotopic (exact) mass is 386 g/mol. The van der Waals surface area contributed by atoms with E-state index in [-0.39, 0.29) is 6.54 Å². The van der Waals surface area contributed by atoms with E-state index in [9.17, 15) is 14.4 Å². The van der Waals surface area contributed by atoms with Crippen LogP contribution in [0.25, 0.3) is 0 Å². The largest absolute Gasteiger partial charge is 0.477 e. The maximum absolute atomic E-state index is 11.1. The fourth-order valence-corrected chi connectivity index (χ4v) is 3.25. The number of quaternary nitrogens is 1. The van der Waals surface area contributed by atoms with Gasteiger partial charge in [-0.3, -0.25) is 4.48 Å². The van der Waals surface area contributed by atoms with E-state index in [2.05, 4.69) is 19.1 Å². The zero-order valence-corrected chi connectivity index (χ0v) is 16.6. The summed E-state index contributed by atoms with van der Waals surface area (Å²) in [5.74, 6) is -3.54. The van der Waals surface area contributed by atoms with Gasteiger partial charge in [-0.2, -0.15) is 0 Å². The highest BCUT2D eigenvalue weighted by molar-refractivity contribution is 5.73. The summed E-state index contributed by atoms with van der Waals surface area (Å²) >= 11 is 0. The fraction of sp³-hybridized carbons (Fsp3) is 0.750. The molecule has 0 atom stereocenters. The van der Waals surface area contributed by atoms with Gasteiger partial charge in [-0.15, -0.1) is 0 Å². The molecule has 0 unspecified atom stereocenters. The molecule has 7 nitrogen and oxygen atoms in total. The predicted octanol–water partition coefficient (Wildman–Crippen LogP) is 3.53. The van der Waals surface area contributed by atoms with E-state index in [1.54, 1.807) is 0 Å².